The lowest BCUT2D eigenvalue weighted by Gasteiger charge is -2.47. The van der Waals surface area contributed by atoms with Gasteiger partial charge in [-0.05, 0) is 0 Å². The molecular formula is C8H10N2O4S. The summed E-state index contributed by atoms with van der Waals surface area (Å²) < 4.78 is 4.94. The number of nitrogens with zero attached hydrogens (tertiary/aromatic N) is 1. The SMILES string of the molecule is COC1=C(C(=O)O)N2C(=O)[C@@H](N)[C@H]2SC1. The van der Waals surface area contributed by atoms with Gasteiger partial charge < -0.3 is 15.6 Å². The molecular weight excluding hydrogens is 220 g/mol. The maximum absolute atomic E-state index is 11.4. The Labute approximate surface area is 90.0 Å². The van der Waals surface area contributed by atoms with E-state index in [0.717, 1.165) is 0 Å². The smallest absolute Gasteiger partial charge is 0.356 e. The molecule has 0 bridgehead atoms. The van der Waals surface area contributed by atoms with Crippen molar-refractivity contribution >= 4 is 23.6 Å². The van der Waals surface area contributed by atoms with Crippen molar-refractivity contribution in [2.45, 2.75) is 11.4 Å². The fourth-order valence-corrected chi connectivity index (χ4v) is 2.90. The third-order valence-corrected chi connectivity index (χ3v) is 3.70. The number of aliphatic carboxylic acids is 1. The summed E-state index contributed by atoms with van der Waals surface area (Å²) in [6, 6.07) is -0.595. The lowest BCUT2D eigenvalue weighted by molar-refractivity contribution is -0.148. The molecule has 2 aliphatic heterocycles. The zero-order chi connectivity index (χ0) is 11.2. The van der Waals surface area contributed by atoms with Gasteiger partial charge in [0, 0.05) is 0 Å². The molecule has 0 aliphatic carbocycles. The fraction of sp³-hybridized carbons (Fsp3) is 0.500. The lowest BCUT2D eigenvalue weighted by Crippen LogP contribution is -2.68. The van der Waals surface area contributed by atoms with Crippen molar-refractivity contribution in [1.82, 2.24) is 4.90 Å². The van der Waals surface area contributed by atoms with Gasteiger partial charge >= 0.3 is 5.97 Å². The zero-order valence-electron chi connectivity index (χ0n) is 7.97. The number of methoxy groups -OCH3 is 1. The predicted octanol–water partition coefficient (Wildman–Crippen LogP) is -0.829. The predicted molar refractivity (Wildman–Crippen MR) is 52.7 cm³/mol. The molecule has 1 amide bonds. The Bertz CT molecular complexity index is 368. The Kier molecular flexibility index (Phi) is 2.35. The second kappa shape index (κ2) is 3.42. The van der Waals surface area contributed by atoms with E-state index in [-0.39, 0.29) is 17.0 Å². The summed E-state index contributed by atoms with van der Waals surface area (Å²) in [5.41, 5.74) is 5.48. The van der Waals surface area contributed by atoms with Gasteiger partial charge in [0.05, 0.1) is 12.9 Å². The highest BCUT2D eigenvalue weighted by Gasteiger charge is 2.52. The first kappa shape index (κ1) is 10.3. The summed E-state index contributed by atoms with van der Waals surface area (Å²) in [6.07, 6.45) is 0. The van der Waals surface area contributed by atoms with Crippen molar-refractivity contribution in [3.05, 3.63) is 11.5 Å². The van der Waals surface area contributed by atoms with E-state index in [2.05, 4.69) is 0 Å². The number of nitrogens with two attached hydrogens (primary N) is 1. The van der Waals surface area contributed by atoms with Crippen molar-refractivity contribution < 1.29 is 19.4 Å². The van der Waals surface area contributed by atoms with Gasteiger partial charge in [0.2, 0.25) is 5.91 Å². The highest BCUT2D eigenvalue weighted by Crippen LogP contribution is 2.39. The molecule has 1 saturated heterocycles. The van der Waals surface area contributed by atoms with Crippen molar-refractivity contribution in [2.24, 2.45) is 5.73 Å². The van der Waals surface area contributed by atoms with Crippen LogP contribution in [0.5, 0.6) is 0 Å². The lowest BCUT2D eigenvalue weighted by atomic mass is 10.1. The summed E-state index contributed by atoms with van der Waals surface area (Å²) in [4.78, 5) is 23.6. The third-order valence-electron chi connectivity index (χ3n) is 2.42. The minimum atomic E-state index is -1.16. The van der Waals surface area contributed by atoms with Crippen LogP contribution in [0.25, 0.3) is 0 Å². The van der Waals surface area contributed by atoms with Gasteiger partial charge in [0.1, 0.15) is 17.2 Å². The van der Waals surface area contributed by atoms with E-state index in [0.29, 0.717) is 11.5 Å². The molecule has 2 rings (SSSR count). The van der Waals surface area contributed by atoms with Crippen LogP contribution in [-0.4, -0.2) is 46.2 Å². The van der Waals surface area contributed by atoms with Crippen LogP contribution in [0.1, 0.15) is 0 Å². The highest BCUT2D eigenvalue weighted by atomic mass is 32.2. The standard InChI is InChI=1S/C8H10N2O4S/c1-14-3-2-15-7-4(9)6(11)10(7)5(3)8(12)13/h4,7H,2,9H2,1H3,(H,12,13)/t4-,7-/m1/s1. The summed E-state index contributed by atoms with van der Waals surface area (Å²) in [5, 5.41) is 8.72. The fourth-order valence-electron chi connectivity index (χ4n) is 1.64. The number of carboxylic acid groups (broad SMARTS) is 1. The van der Waals surface area contributed by atoms with Crippen molar-refractivity contribution in [1.29, 1.82) is 0 Å². The minimum absolute atomic E-state index is 0.0760. The first-order valence-corrected chi connectivity index (χ1v) is 5.33. The normalized spacial score (nSPS) is 29.7. The summed E-state index contributed by atoms with van der Waals surface area (Å²) in [7, 11) is 1.39. The number of fused-ring (bicyclic) bond motifs is 1. The maximum Gasteiger partial charge on any atom is 0.356 e. The molecule has 15 heavy (non-hydrogen) atoms. The first-order chi connectivity index (χ1) is 7.07. The molecule has 0 radical (unpaired) electrons. The number of amides is 1. The number of rotatable bonds is 2. The maximum atomic E-state index is 11.4. The van der Waals surface area contributed by atoms with Crippen LogP contribution >= 0.6 is 11.8 Å². The molecule has 82 valence electrons. The second-order valence-electron chi connectivity index (χ2n) is 3.22. The van der Waals surface area contributed by atoms with Gasteiger partial charge in [-0.2, -0.15) is 0 Å². The van der Waals surface area contributed by atoms with Crippen LogP contribution in [0.2, 0.25) is 0 Å². The molecule has 7 heteroatoms. The van der Waals surface area contributed by atoms with Crippen LogP contribution in [0.3, 0.4) is 0 Å². The van der Waals surface area contributed by atoms with Crippen LogP contribution in [-0.2, 0) is 14.3 Å². The molecule has 3 N–H and O–H groups in total. The molecule has 2 atom stereocenters. The largest absolute Gasteiger partial charge is 0.498 e. The topological polar surface area (TPSA) is 92.9 Å². The average molecular weight is 230 g/mol. The van der Waals surface area contributed by atoms with E-state index in [9.17, 15) is 9.59 Å². The number of hydrogen-bond donors (Lipinski definition) is 2. The first-order valence-electron chi connectivity index (χ1n) is 4.28. The Morgan fingerprint density at radius 1 is 1.73 bits per heavy atom. The van der Waals surface area contributed by atoms with Gasteiger partial charge in [-0.25, -0.2) is 4.79 Å². The number of carbonyl (C=O) groups is 2. The molecule has 0 unspecified atom stereocenters. The van der Waals surface area contributed by atoms with Gasteiger partial charge in [-0.15, -0.1) is 11.8 Å². The molecule has 2 aliphatic rings. The van der Waals surface area contributed by atoms with Crippen LogP contribution in [0.15, 0.2) is 11.5 Å². The molecule has 0 aromatic heterocycles. The van der Waals surface area contributed by atoms with Crippen molar-refractivity contribution in [3.63, 3.8) is 0 Å². The van der Waals surface area contributed by atoms with Crippen LogP contribution in [0, 0.1) is 0 Å². The highest BCUT2D eigenvalue weighted by molar-refractivity contribution is 8.00. The quantitative estimate of drug-likeness (QED) is 0.601. The second-order valence-corrected chi connectivity index (χ2v) is 4.32. The molecule has 0 aromatic rings. The van der Waals surface area contributed by atoms with E-state index < -0.39 is 12.0 Å². The Morgan fingerprint density at radius 2 is 2.40 bits per heavy atom. The van der Waals surface area contributed by atoms with Gasteiger partial charge in [0.25, 0.3) is 0 Å². The van der Waals surface area contributed by atoms with Gasteiger partial charge in [-0.3, -0.25) is 9.69 Å². The van der Waals surface area contributed by atoms with E-state index in [1.807, 2.05) is 0 Å². The monoisotopic (exact) mass is 230 g/mol. The van der Waals surface area contributed by atoms with Gasteiger partial charge in [-0.1, -0.05) is 0 Å². The van der Waals surface area contributed by atoms with Crippen LogP contribution < -0.4 is 5.73 Å². The number of hydrogen-bond acceptors (Lipinski definition) is 5. The zero-order valence-corrected chi connectivity index (χ0v) is 8.78. The molecule has 1 fully saturated rings. The minimum Gasteiger partial charge on any atom is -0.498 e. The Hall–Kier alpha value is -1.21. The number of ether oxygens (including phenoxy) is 1. The summed E-state index contributed by atoms with van der Waals surface area (Å²) in [5.74, 6) is -0.777. The number of thioether (sulfide) groups is 1. The van der Waals surface area contributed by atoms with Crippen LogP contribution in [0.4, 0.5) is 0 Å². The van der Waals surface area contributed by atoms with E-state index >= 15 is 0 Å². The van der Waals surface area contributed by atoms with E-state index in [1.54, 1.807) is 0 Å². The molecule has 2 heterocycles. The molecule has 0 saturated carbocycles. The molecule has 0 spiro atoms. The third kappa shape index (κ3) is 1.30. The summed E-state index contributed by atoms with van der Waals surface area (Å²) >= 11 is 1.41. The van der Waals surface area contributed by atoms with E-state index in [4.69, 9.17) is 15.6 Å². The van der Waals surface area contributed by atoms with E-state index in [1.165, 1.54) is 23.8 Å². The Morgan fingerprint density at radius 3 is 2.93 bits per heavy atom. The van der Waals surface area contributed by atoms with Crippen molar-refractivity contribution in [2.75, 3.05) is 12.9 Å². The summed E-state index contributed by atoms with van der Waals surface area (Å²) in [6.45, 7) is 0. The van der Waals surface area contributed by atoms with Crippen molar-refractivity contribution in [3.8, 4) is 0 Å². The molecule has 6 nitrogen and oxygen atoms in total. The number of carboxylic acids is 1. The van der Waals surface area contributed by atoms with Gasteiger partial charge in [0.15, 0.2) is 5.70 Å². The number of carbonyl (C=O) groups excluding carboxylic acids is 1. The number of β-lactam (4-membered cyclic amide) rings is 1. The Balaban J connectivity index is 2.38. The molecule has 0 aromatic carbocycles. The average Bonchev–Trinajstić information content (AvgIpc) is 2.25.